The lowest BCUT2D eigenvalue weighted by Gasteiger charge is -2.30. The largest absolute Gasteiger partial charge is 0.314 e. The molecule has 2 N–H and O–H groups in total. The third kappa shape index (κ3) is 11.8. The minimum absolute atomic E-state index is 1.11. The Kier molecular flexibility index (Phi) is 15.3. The molecule has 0 bridgehead atoms. The second-order valence-electron chi connectivity index (χ2n) is 7.57. The Morgan fingerprint density at radius 1 is 0.400 bits per heavy atom. The molecule has 176 valence electrons. The Labute approximate surface area is 209 Å². The molecular formula is C18H38N6S6. The maximum Gasteiger partial charge on any atom is 0.0466 e. The predicted molar refractivity (Wildman–Crippen MR) is 147 cm³/mol. The van der Waals surface area contributed by atoms with Crippen LogP contribution in [-0.4, -0.2) is 129 Å². The quantitative estimate of drug-likeness (QED) is 0.364. The zero-order valence-corrected chi connectivity index (χ0v) is 22.9. The van der Waals surface area contributed by atoms with Gasteiger partial charge in [-0.1, -0.05) is 0 Å². The zero-order valence-electron chi connectivity index (χ0n) is 18.0. The number of thioether (sulfide) groups is 6. The van der Waals surface area contributed by atoms with E-state index in [2.05, 4.69) is 53.8 Å². The second-order valence-corrected chi connectivity index (χ2v) is 14.0. The van der Waals surface area contributed by atoms with E-state index in [9.17, 15) is 0 Å². The molecule has 12 heteroatoms. The van der Waals surface area contributed by atoms with E-state index in [-0.39, 0.29) is 0 Å². The van der Waals surface area contributed by atoms with E-state index < -0.39 is 0 Å². The van der Waals surface area contributed by atoms with Gasteiger partial charge in [0, 0.05) is 110 Å². The highest BCUT2D eigenvalue weighted by molar-refractivity contribution is 8.16. The normalized spacial score (nSPS) is 24.0. The lowest BCUT2D eigenvalue weighted by atomic mass is 10.5. The van der Waals surface area contributed by atoms with Crippen LogP contribution in [0.25, 0.3) is 0 Å². The van der Waals surface area contributed by atoms with Crippen molar-refractivity contribution in [3.8, 4) is 0 Å². The molecule has 0 spiro atoms. The number of rotatable bonds is 12. The van der Waals surface area contributed by atoms with Gasteiger partial charge in [0.05, 0.1) is 0 Å². The summed E-state index contributed by atoms with van der Waals surface area (Å²) >= 11 is 12.3. The molecule has 0 aromatic carbocycles. The van der Waals surface area contributed by atoms with Gasteiger partial charge in [0.25, 0.3) is 0 Å². The monoisotopic (exact) mass is 530 g/mol. The lowest BCUT2D eigenvalue weighted by Crippen LogP contribution is -2.40. The van der Waals surface area contributed by atoms with E-state index in [0.717, 1.165) is 62.8 Å². The molecule has 3 fully saturated rings. The summed E-state index contributed by atoms with van der Waals surface area (Å²) in [6.07, 6.45) is 0. The van der Waals surface area contributed by atoms with Gasteiger partial charge < -0.3 is 10.6 Å². The Morgan fingerprint density at radius 3 is 0.967 bits per heavy atom. The van der Waals surface area contributed by atoms with Gasteiger partial charge in [-0.25, -0.2) is 0 Å². The Bertz CT molecular complexity index is 382. The maximum absolute atomic E-state index is 3.64. The summed E-state index contributed by atoms with van der Waals surface area (Å²) in [5, 5.41) is 9.81. The smallest absolute Gasteiger partial charge is 0.0466 e. The molecule has 3 rings (SSSR count). The van der Waals surface area contributed by atoms with Crippen molar-refractivity contribution in [3.05, 3.63) is 0 Å². The molecule has 3 heterocycles. The maximum atomic E-state index is 3.64. The first-order valence-corrected chi connectivity index (χ1v) is 17.6. The van der Waals surface area contributed by atoms with Crippen molar-refractivity contribution in [3.63, 3.8) is 0 Å². The summed E-state index contributed by atoms with van der Waals surface area (Å²) < 4.78 is 0. The van der Waals surface area contributed by atoms with Crippen LogP contribution in [0.5, 0.6) is 0 Å². The third-order valence-corrected chi connectivity index (χ3v) is 12.0. The summed E-state index contributed by atoms with van der Waals surface area (Å²) in [5.41, 5.74) is 0. The fraction of sp³-hybridized carbons (Fsp3) is 1.00. The van der Waals surface area contributed by atoms with Gasteiger partial charge in [-0.3, -0.25) is 19.6 Å². The molecule has 0 saturated carbocycles. The van der Waals surface area contributed by atoms with Crippen LogP contribution < -0.4 is 10.6 Å². The highest BCUT2D eigenvalue weighted by atomic mass is 32.2. The molecule has 0 atom stereocenters. The SMILES string of the molecule is C(CN1CSCSC1)NCCN1CSCN(CCNCCN2CSCSC2)CSC1. The fourth-order valence-corrected chi connectivity index (χ4v) is 9.84. The Hall–Kier alpha value is 1.86. The van der Waals surface area contributed by atoms with Crippen LogP contribution in [0, 0.1) is 0 Å². The molecular weight excluding hydrogens is 493 g/mol. The van der Waals surface area contributed by atoms with Gasteiger partial charge in [-0.15, -0.1) is 70.6 Å². The fourth-order valence-electron chi connectivity index (χ4n) is 3.25. The molecule has 0 amide bonds. The predicted octanol–water partition coefficient (Wildman–Crippen LogP) is 2.39. The molecule has 0 radical (unpaired) electrons. The van der Waals surface area contributed by atoms with Crippen LogP contribution in [-0.2, 0) is 0 Å². The molecule has 3 aliphatic rings. The average Bonchev–Trinajstić information content (AvgIpc) is 2.77. The minimum atomic E-state index is 1.11. The van der Waals surface area contributed by atoms with Gasteiger partial charge in [-0.2, -0.15) is 0 Å². The zero-order chi connectivity index (χ0) is 20.7. The van der Waals surface area contributed by atoms with Crippen molar-refractivity contribution in [2.75, 3.05) is 110 Å². The van der Waals surface area contributed by atoms with Crippen molar-refractivity contribution >= 4 is 70.6 Å². The molecule has 6 nitrogen and oxygen atoms in total. The highest BCUT2D eigenvalue weighted by Crippen LogP contribution is 2.21. The molecule has 0 aromatic heterocycles. The van der Waals surface area contributed by atoms with Gasteiger partial charge in [0.1, 0.15) is 0 Å². The highest BCUT2D eigenvalue weighted by Gasteiger charge is 2.14. The first-order valence-electron chi connectivity index (χ1n) is 10.7. The van der Waals surface area contributed by atoms with E-state index in [0.29, 0.717) is 0 Å². The Morgan fingerprint density at radius 2 is 0.667 bits per heavy atom. The van der Waals surface area contributed by atoms with Crippen LogP contribution in [0.3, 0.4) is 0 Å². The van der Waals surface area contributed by atoms with Gasteiger partial charge >= 0.3 is 0 Å². The van der Waals surface area contributed by atoms with Gasteiger partial charge in [0.15, 0.2) is 0 Å². The molecule has 30 heavy (non-hydrogen) atoms. The van der Waals surface area contributed by atoms with Crippen LogP contribution in [0.1, 0.15) is 0 Å². The van der Waals surface area contributed by atoms with Crippen LogP contribution in [0.2, 0.25) is 0 Å². The minimum Gasteiger partial charge on any atom is -0.314 e. The van der Waals surface area contributed by atoms with E-state index >= 15 is 0 Å². The van der Waals surface area contributed by atoms with Crippen molar-refractivity contribution < 1.29 is 0 Å². The van der Waals surface area contributed by atoms with E-state index in [1.54, 1.807) is 0 Å². The van der Waals surface area contributed by atoms with Crippen LogP contribution in [0.4, 0.5) is 0 Å². The lowest BCUT2D eigenvalue weighted by molar-refractivity contribution is 0.331. The van der Waals surface area contributed by atoms with E-state index in [4.69, 9.17) is 0 Å². The summed E-state index contributed by atoms with van der Waals surface area (Å²) in [6.45, 7) is 9.14. The van der Waals surface area contributed by atoms with Gasteiger partial charge in [-0.05, 0) is 0 Å². The molecule has 3 saturated heterocycles. The second kappa shape index (κ2) is 17.3. The van der Waals surface area contributed by atoms with Gasteiger partial charge in [0.2, 0.25) is 0 Å². The summed E-state index contributed by atoms with van der Waals surface area (Å²) in [7, 11) is 0. The first kappa shape index (κ1) is 26.5. The summed E-state index contributed by atoms with van der Waals surface area (Å²) in [5.74, 6) is 9.44. The van der Waals surface area contributed by atoms with Crippen LogP contribution >= 0.6 is 70.6 Å². The summed E-state index contributed by atoms with van der Waals surface area (Å²) in [6, 6.07) is 0. The van der Waals surface area contributed by atoms with Crippen molar-refractivity contribution in [2.45, 2.75) is 0 Å². The summed E-state index contributed by atoms with van der Waals surface area (Å²) in [4.78, 5) is 10.3. The first-order chi connectivity index (χ1) is 14.9. The van der Waals surface area contributed by atoms with E-state index in [1.165, 1.54) is 46.8 Å². The molecule has 0 unspecified atom stereocenters. The number of nitrogens with one attached hydrogen (secondary N) is 2. The number of hydrogen-bond donors (Lipinski definition) is 2. The van der Waals surface area contributed by atoms with Crippen molar-refractivity contribution in [1.29, 1.82) is 0 Å². The van der Waals surface area contributed by atoms with Crippen LogP contribution in [0.15, 0.2) is 0 Å². The van der Waals surface area contributed by atoms with E-state index in [1.807, 2.05) is 47.0 Å². The average molecular weight is 531 g/mol. The molecule has 3 aliphatic heterocycles. The number of nitrogens with zero attached hydrogens (tertiary/aromatic N) is 4. The Balaban J connectivity index is 1.14. The number of hydrogen-bond acceptors (Lipinski definition) is 12. The topological polar surface area (TPSA) is 37.0 Å². The van der Waals surface area contributed by atoms with Crippen molar-refractivity contribution in [1.82, 2.24) is 30.2 Å². The molecule has 0 aliphatic carbocycles. The third-order valence-electron chi connectivity index (χ3n) is 4.94. The standard InChI is InChI=1S/C18H38N6S6/c1(19-3-7-23-13-27-17-28-14-23)5-21-9-25-11-22(12-26-10-21)6-2-20-4-8-24-15-29-18-30-16-24/h19-20H,1-18H2. The van der Waals surface area contributed by atoms with Crippen molar-refractivity contribution in [2.24, 2.45) is 0 Å². The molecule has 0 aromatic rings.